The molecule has 3 saturated heterocycles. The Morgan fingerprint density at radius 3 is 1.17 bits per heavy atom. The summed E-state index contributed by atoms with van der Waals surface area (Å²) in [6, 6.07) is 0. The molecule has 0 aromatic rings. The zero-order valence-corrected chi connectivity index (χ0v) is 18.6. The molecule has 29 heavy (non-hydrogen) atoms. The predicted octanol–water partition coefficient (Wildman–Crippen LogP) is 2.66. The molecule has 0 aromatic heterocycles. The highest BCUT2D eigenvalue weighted by atomic mass is 16.7. The molecule has 3 heterocycles. The summed E-state index contributed by atoms with van der Waals surface area (Å²) in [5.41, 5.74) is -0.420. The molecule has 3 fully saturated rings. The Morgan fingerprint density at radius 1 is 0.621 bits per heavy atom. The number of hydrogen-bond acceptors (Lipinski definition) is 7. The summed E-state index contributed by atoms with van der Waals surface area (Å²) in [4.78, 5) is 24.5. The maximum absolute atomic E-state index is 12.3. The molecule has 2 atom stereocenters. The zero-order chi connectivity index (χ0) is 21.6. The average Bonchev–Trinajstić information content (AvgIpc) is 3.05. The first kappa shape index (κ1) is 21.1. The number of allylic oxidation sites excluding steroid dienone is 2. The van der Waals surface area contributed by atoms with Gasteiger partial charge in [-0.25, -0.2) is 0 Å². The first-order valence-corrected chi connectivity index (χ1v) is 10.3. The number of cyclic esters (lactones) is 2. The van der Waals surface area contributed by atoms with Crippen LogP contribution in [0.15, 0.2) is 10.9 Å². The van der Waals surface area contributed by atoms with Crippen LogP contribution in [-0.4, -0.2) is 48.6 Å². The second kappa shape index (κ2) is 6.19. The van der Waals surface area contributed by atoms with Gasteiger partial charge in [0.2, 0.25) is 0 Å². The van der Waals surface area contributed by atoms with Crippen LogP contribution in [0.4, 0.5) is 0 Å². The summed E-state index contributed by atoms with van der Waals surface area (Å²) < 4.78 is 30.0. The van der Waals surface area contributed by atoms with Crippen molar-refractivity contribution in [3.05, 3.63) is 10.9 Å². The third kappa shape index (κ3) is 3.12. The molecular weight excluding hydrogens is 374 g/mol. The molecule has 7 nitrogen and oxygen atoms in total. The molecule has 0 aromatic carbocycles. The molecule has 9 heteroatoms. The summed E-state index contributed by atoms with van der Waals surface area (Å²) in [6.45, 7) is 15.9. The van der Waals surface area contributed by atoms with E-state index >= 15 is 0 Å². The van der Waals surface area contributed by atoms with Crippen LogP contribution < -0.4 is 0 Å². The van der Waals surface area contributed by atoms with Gasteiger partial charge < -0.3 is 23.4 Å². The fraction of sp³-hybridized carbons (Fsp3) is 0.800. The van der Waals surface area contributed by atoms with Gasteiger partial charge in [-0.3, -0.25) is 9.59 Å². The van der Waals surface area contributed by atoms with E-state index in [1.54, 1.807) is 0 Å². The highest BCUT2D eigenvalue weighted by Crippen LogP contribution is 2.48. The molecule has 4 rings (SSSR count). The Labute approximate surface area is 173 Å². The van der Waals surface area contributed by atoms with Crippen LogP contribution in [0.1, 0.15) is 68.2 Å². The molecule has 0 radical (unpaired) electrons. The van der Waals surface area contributed by atoms with Crippen molar-refractivity contribution in [2.24, 2.45) is 11.8 Å². The van der Waals surface area contributed by atoms with Gasteiger partial charge in [0.05, 0.1) is 34.2 Å². The van der Waals surface area contributed by atoms with Crippen LogP contribution in [0.2, 0.25) is 0 Å². The van der Waals surface area contributed by atoms with Crippen molar-refractivity contribution in [1.82, 2.24) is 0 Å². The van der Waals surface area contributed by atoms with E-state index in [2.05, 4.69) is 0 Å². The maximum atomic E-state index is 12.3. The van der Waals surface area contributed by atoms with Gasteiger partial charge in [0, 0.05) is 0 Å². The highest BCUT2D eigenvalue weighted by molar-refractivity contribution is 6.62. The lowest BCUT2D eigenvalue weighted by Crippen LogP contribution is -2.41. The fourth-order valence-corrected chi connectivity index (χ4v) is 4.23. The predicted molar refractivity (Wildman–Crippen MR) is 107 cm³/mol. The van der Waals surface area contributed by atoms with Gasteiger partial charge in [-0.05, 0) is 79.2 Å². The molecular formula is C20H30B2O7. The minimum Gasteiger partial charge on any atom is -0.400 e. The van der Waals surface area contributed by atoms with Crippen molar-refractivity contribution in [1.29, 1.82) is 0 Å². The van der Waals surface area contributed by atoms with Gasteiger partial charge in [-0.15, -0.1) is 0 Å². The van der Waals surface area contributed by atoms with E-state index in [1.807, 2.05) is 55.4 Å². The summed E-state index contributed by atoms with van der Waals surface area (Å²) in [5, 5.41) is 0. The van der Waals surface area contributed by atoms with Crippen LogP contribution in [0.25, 0.3) is 0 Å². The van der Waals surface area contributed by atoms with E-state index in [1.165, 1.54) is 0 Å². The van der Waals surface area contributed by atoms with Crippen molar-refractivity contribution < 1.29 is 32.9 Å². The Balaban J connectivity index is 1.75. The Kier molecular flexibility index (Phi) is 4.50. The Bertz CT molecular complexity index is 703. The molecule has 3 aliphatic heterocycles. The quantitative estimate of drug-likeness (QED) is 0.398. The lowest BCUT2D eigenvalue weighted by Gasteiger charge is -2.32. The molecule has 2 unspecified atom stereocenters. The second-order valence-corrected chi connectivity index (χ2v) is 10.6. The third-order valence-electron chi connectivity index (χ3n) is 7.66. The van der Waals surface area contributed by atoms with E-state index in [4.69, 9.17) is 23.4 Å². The van der Waals surface area contributed by atoms with Crippen molar-refractivity contribution in [3.63, 3.8) is 0 Å². The third-order valence-corrected chi connectivity index (χ3v) is 7.66. The lowest BCUT2D eigenvalue weighted by atomic mass is 9.56. The van der Waals surface area contributed by atoms with Gasteiger partial charge in [0.1, 0.15) is 0 Å². The highest BCUT2D eigenvalue weighted by Gasteiger charge is 2.60. The summed E-state index contributed by atoms with van der Waals surface area (Å²) in [6.07, 6.45) is 0.678. The number of ether oxygens (including phenoxy) is 1. The minimum absolute atomic E-state index is 0.339. The van der Waals surface area contributed by atoms with Gasteiger partial charge in [-0.2, -0.15) is 0 Å². The number of fused-ring (bicyclic) bond motifs is 1. The molecule has 1 aliphatic carbocycles. The number of rotatable bonds is 2. The van der Waals surface area contributed by atoms with Crippen molar-refractivity contribution >= 4 is 26.2 Å². The minimum atomic E-state index is -0.626. The first-order valence-electron chi connectivity index (χ1n) is 10.3. The molecule has 158 valence electrons. The number of carbonyl (C=O) groups is 2. The summed E-state index contributed by atoms with van der Waals surface area (Å²) in [7, 11) is -1.25. The van der Waals surface area contributed by atoms with E-state index in [-0.39, 0.29) is 0 Å². The Hall–Kier alpha value is -1.15. The van der Waals surface area contributed by atoms with Crippen LogP contribution >= 0.6 is 0 Å². The maximum Gasteiger partial charge on any atom is 0.489 e. The average molecular weight is 404 g/mol. The summed E-state index contributed by atoms with van der Waals surface area (Å²) in [5.74, 6) is -1.96. The van der Waals surface area contributed by atoms with Gasteiger partial charge in [0.15, 0.2) is 0 Å². The van der Waals surface area contributed by atoms with E-state index < -0.39 is 60.4 Å². The van der Waals surface area contributed by atoms with Crippen LogP contribution in [0, 0.1) is 11.8 Å². The van der Waals surface area contributed by atoms with Crippen LogP contribution in [0.5, 0.6) is 0 Å². The second-order valence-electron chi connectivity index (χ2n) is 10.6. The smallest absolute Gasteiger partial charge is 0.400 e. The van der Waals surface area contributed by atoms with Crippen molar-refractivity contribution in [2.45, 2.75) is 90.6 Å². The number of carbonyl (C=O) groups excluding carboxylic acids is 2. The SMILES string of the molecule is CC1(C)OB(C2=C(B3OC(C)(C)C(C)(C)O3)CC3C(=O)OC(=O)C3C2)OC1(C)C. The lowest BCUT2D eigenvalue weighted by molar-refractivity contribution is -0.153. The van der Waals surface area contributed by atoms with Gasteiger partial charge in [0.25, 0.3) is 0 Å². The zero-order valence-electron chi connectivity index (χ0n) is 18.6. The standard InChI is InChI=1S/C20H30B2O7/c1-17(2)18(3,4)27-21(26-17)13-9-11-12(16(24)25-15(11)23)10-14(13)22-28-19(5,6)20(7,8)29-22/h11-12H,9-10H2,1-8H3. The number of hydrogen-bond donors (Lipinski definition) is 0. The topological polar surface area (TPSA) is 80.3 Å². The van der Waals surface area contributed by atoms with Crippen LogP contribution in [0.3, 0.4) is 0 Å². The molecule has 0 saturated carbocycles. The first-order chi connectivity index (χ1) is 13.2. The summed E-state index contributed by atoms with van der Waals surface area (Å²) >= 11 is 0. The largest absolute Gasteiger partial charge is 0.489 e. The molecule has 0 amide bonds. The van der Waals surface area contributed by atoms with E-state index in [9.17, 15) is 9.59 Å². The number of esters is 2. The molecule has 4 aliphatic rings. The molecule has 0 N–H and O–H groups in total. The molecule has 0 spiro atoms. The Morgan fingerprint density at radius 2 is 0.897 bits per heavy atom. The van der Waals surface area contributed by atoms with E-state index in [0.717, 1.165) is 10.9 Å². The van der Waals surface area contributed by atoms with Crippen molar-refractivity contribution in [2.75, 3.05) is 0 Å². The van der Waals surface area contributed by atoms with E-state index in [0.29, 0.717) is 12.8 Å². The van der Waals surface area contributed by atoms with Crippen LogP contribution in [-0.2, 0) is 32.9 Å². The van der Waals surface area contributed by atoms with Crippen molar-refractivity contribution in [3.8, 4) is 0 Å². The normalized spacial score (nSPS) is 34.6. The van der Waals surface area contributed by atoms with Gasteiger partial charge in [-0.1, -0.05) is 0 Å². The fourth-order valence-electron chi connectivity index (χ4n) is 4.23. The molecule has 0 bridgehead atoms. The monoisotopic (exact) mass is 404 g/mol. The van der Waals surface area contributed by atoms with Gasteiger partial charge >= 0.3 is 26.2 Å².